The second-order valence-electron chi connectivity index (χ2n) is 5.54. The first-order valence-corrected chi connectivity index (χ1v) is 7.54. The van der Waals surface area contributed by atoms with Crippen LogP contribution in [0.25, 0.3) is 0 Å². The van der Waals surface area contributed by atoms with Crippen LogP contribution in [0.4, 0.5) is 4.79 Å². The molecule has 0 saturated carbocycles. The lowest BCUT2D eigenvalue weighted by molar-refractivity contribution is -0.0267. The lowest BCUT2D eigenvalue weighted by Crippen LogP contribution is -2.52. The van der Waals surface area contributed by atoms with Gasteiger partial charge in [0.05, 0.1) is 26.4 Å². The van der Waals surface area contributed by atoms with Gasteiger partial charge in [0, 0.05) is 19.6 Å². The van der Waals surface area contributed by atoms with Crippen molar-refractivity contribution in [3.8, 4) is 0 Å². The normalized spacial score (nSPS) is 23.2. The molecule has 2 saturated heterocycles. The first-order valence-electron chi connectivity index (χ1n) is 7.54. The molecule has 2 aliphatic heterocycles. The van der Waals surface area contributed by atoms with Crippen molar-refractivity contribution in [2.75, 3.05) is 46.0 Å². The molecule has 21 heavy (non-hydrogen) atoms. The number of nitrogens with zero attached hydrogens (tertiary/aromatic N) is 2. The Kier molecular flexibility index (Phi) is 4.41. The number of benzene rings is 1. The third-order valence-corrected chi connectivity index (χ3v) is 4.15. The first-order chi connectivity index (χ1) is 10.3. The van der Waals surface area contributed by atoms with Gasteiger partial charge in [-0.3, -0.25) is 0 Å². The molecular weight excluding hydrogens is 268 g/mol. The predicted octanol–water partition coefficient (Wildman–Crippen LogP) is 1.82. The van der Waals surface area contributed by atoms with Crippen LogP contribution in [0.3, 0.4) is 0 Å². The zero-order valence-electron chi connectivity index (χ0n) is 12.5. The van der Waals surface area contributed by atoms with Crippen LogP contribution in [-0.2, 0) is 9.47 Å². The van der Waals surface area contributed by atoms with Crippen LogP contribution in [0.2, 0.25) is 0 Å². The minimum absolute atomic E-state index is 0.0232. The molecule has 5 nitrogen and oxygen atoms in total. The summed E-state index contributed by atoms with van der Waals surface area (Å²) < 4.78 is 11.2. The van der Waals surface area contributed by atoms with Gasteiger partial charge in [0.1, 0.15) is 6.10 Å². The summed E-state index contributed by atoms with van der Waals surface area (Å²) in [5.41, 5.74) is 2.39. The number of hydrogen-bond donors (Lipinski definition) is 0. The lowest BCUT2D eigenvalue weighted by atomic mass is 10.0. The van der Waals surface area contributed by atoms with E-state index in [0.717, 1.165) is 0 Å². The zero-order valence-corrected chi connectivity index (χ0v) is 12.5. The van der Waals surface area contributed by atoms with Crippen molar-refractivity contribution in [3.05, 3.63) is 35.4 Å². The Labute approximate surface area is 125 Å². The van der Waals surface area contributed by atoms with Crippen LogP contribution < -0.4 is 0 Å². The monoisotopic (exact) mass is 290 g/mol. The molecule has 3 rings (SSSR count). The van der Waals surface area contributed by atoms with Crippen molar-refractivity contribution >= 4 is 6.03 Å². The molecule has 2 fully saturated rings. The van der Waals surface area contributed by atoms with Crippen LogP contribution in [0.15, 0.2) is 24.3 Å². The van der Waals surface area contributed by atoms with Crippen LogP contribution >= 0.6 is 0 Å². The van der Waals surface area contributed by atoms with E-state index in [1.807, 2.05) is 21.9 Å². The molecule has 1 aromatic carbocycles. The standard InChI is InChI=1S/C16H22N2O3/c1-13-4-2-3-5-14(13)15-12-18(8-11-21-15)16(19)17-6-9-20-10-7-17/h2-5,15H,6-12H2,1H3. The topological polar surface area (TPSA) is 42.0 Å². The maximum Gasteiger partial charge on any atom is 0.320 e. The molecule has 5 heteroatoms. The fraction of sp³-hybridized carbons (Fsp3) is 0.562. The van der Waals surface area contributed by atoms with Gasteiger partial charge in [-0.2, -0.15) is 0 Å². The second-order valence-corrected chi connectivity index (χ2v) is 5.54. The summed E-state index contributed by atoms with van der Waals surface area (Å²) in [4.78, 5) is 16.3. The zero-order chi connectivity index (χ0) is 14.7. The number of aryl methyl sites for hydroxylation is 1. The number of rotatable bonds is 1. The molecule has 114 valence electrons. The molecule has 0 N–H and O–H groups in total. The molecule has 0 aliphatic carbocycles. The predicted molar refractivity (Wildman–Crippen MR) is 79.2 cm³/mol. The van der Waals surface area contributed by atoms with Crippen LogP contribution in [-0.4, -0.2) is 61.8 Å². The van der Waals surface area contributed by atoms with E-state index in [0.29, 0.717) is 46.0 Å². The van der Waals surface area contributed by atoms with Gasteiger partial charge in [0.15, 0.2) is 0 Å². The molecule has 0 bridgehead atoms. The van der Waals surface area contributed by atoms with Gasteiger partial charge in [-0.25, -0.2) is 4.79 Å². The number of carbonyl (C=O) groups excluding carboxylic acids is 1. The number of ether oxygens (including phenoxy) is 2. The van der Waals surface area contributed by atoms with Crippen molar-refractivity contribution in [1.29, 1.82) is 0 Å². The van der Waals surface area contributed by atoms with E-state index in [1.54, 1.807) is 0 Å². The third-order valence-electron chi connectivity index (χ3n) is 4.15. The van der Waals surface area contributed by atoms with Crippen molar-refractivity contribution in [2.24, 2.45) is 0 Å². The van der Waals surface area contributed by atoms with E-state index < -0.39 is 0 Å². The number of morpholine rings is 2. The van der Waals surface area contributed by atoms with Crippen molar-refractivity contribution in [1.82, 2.24) is 9.80 Å². The summed E-state index contributed by atoms with van der Waals surface area (Å²) in [5, 5.41) is 0. The van der Waals surface area contributed by atoms with Crippen LogP contribution in [0, 0.1) is 6.92 Å². The maximum absolute atomic E-state index is 12.6. The lowest BCUT2D eigenvalue weighted by Gasteiger charge is -2.38. The summed E-state index contributed by atoms with van der Waals surface area (Å²) in [6.45, 7) is 6.61. The fourth-order valence-electron chi connectivity index (χ4n) is 2.91. The number of carbonyl (C=O) groups is 1. The molecule has 2 aliphatic rings. The fourth-order valence-corrected chi connectivity index (χ4v) is 2.91. The van der Waals surface area contributed by atoms with Gasteiger partial charge in [-0.05, 0) is 18.1 Å². The van der Waals surface area contributed by atoms with Gasteiger partial charge >= 0.3 is 6.03 Å². The Morgan fingerprint density at radius 3 is 2.57 bits per heavy atom. The molecule has 1 aromatic rings. The highest BCUT2D eigenvalue weighted by molar-refractivity contribution is 5.74. The Bertz CT molecular complexity index is 500. The van der Waals surface area contributed by atoms with E-state index in [1.165, 1.54) is 11.1 Å². The van der Waals surface area contributed by atoms with E-state index in [9.17, 15) is 4.79 Å². The molecular formula is C16H22N2O3. The molecule has 1 unspecified atom stereocenters. The molecule has 2 amide bonds. The Hall–Kier alpha value is -1.59. The van der Waals surface area contributed by atoms with Gasteiger partial charge < -0.3 is 19.3 Å². The van der Waals surface area contributed by atoms with Gasteiger partial charge in [0.25, 0.3) is 0 Å². The van der Waals surface area contributed by atoms with Gasteiger partial charge in [0.2, 0.25) is 0 Å². The molecule has 0 radical (unpaired) electrons. The molecule has 1 atom stereocenters. The summed E-state index contributed by atoms with van der Waals surface area (Å²) in [6, 6.07) is 8.33. The molecule has 0 aromatic heterocycles. The van der Waals surface area contributed by atoms with Crippen LogP contribution in [0.1, 0.15) is 17.2 Å². The smallest absolute Gasteiger partial charge is 0.320 e. The Morgan fingerprint density at radius 1 is 1.10 bits per heavy atom. The molecule has 2 heterocycles. The van der Waals surface area contributed by atoms with E-state index in [-0.39, 0.29) is 12.1 Å². The average molecular weight is 290 g/mol. The third kappa shape index (κ3) is 3.19. The largest absolute Gasteiger partial charge is 0.378 e. The van der Waals surface area contributed by atoms with Crippen molar-refractivity contribution in [2.45, 2.75) is 13.0 Å². The highest BCUT2D eigenvalue weighted by Crippen LogP contribution is 2.25. The number of hydrogen-bond acceptors (Lipinski definition) is 3. The van der Waals surface area contributed by atoms with Gasteiger partial charge in [-0.15, -0.1) is 0 Å². The van der Waals surface area contributed by atoms with E-state index in [4.69, 9.17) is 9.47 Å². The Balaban J connectivity index is 1.68. The summed E-state index contributed by atoms with van der Waals surface area (Å²) in [7, 11) is 0. The van der Waals surface area contributed by atoms with E-state index >= 15 is 0 Å². The first kappa shape index (κ1) is 14.4. The van der Waals surface area contributed by atoms with Gasteiger partial charge in [-0.1, -0.05) is 24.3 Å². The highest BCUT2D eigenvalue weighted by Gasteiger charge is 2.29. The highest BCUT2D eigenvalue weighted by atomic mass is 16.5. The summed E-state index contributed by atoms with van der Waals surface area (Å²) >= 11 is 0. The maximum atomic E-state index is 12.6. The summed E-state index contributed by atoms with van der Waals surface area (Å²) in [6.07, 6.45) is -0.0232. The summed E-state index contributed by atoms with van der Waals surface area (Å²) in [5.74, 6) is 0. The number of amides is 2. The Morgan fingerprint density at radius 2 is 1.81 bits per heavy atom. The second kappa shape index (κ2) is 6.45. The van der Waals surface area contributed by atoms with Crippen molar-refractivity contribution < 1.29 is 14.3 Å². The van der Waals surface area contributed by atoms with E-state index in [2.05, 4.69) is 19.1 Å². The van der Waals surface area contributed by atoms with Crippen molar-refractivity contribution in [3.63, 3.8) is 0 Å². The SMILES string of the molecule is Cc1ccccc1C1CN(C(=O)N2CCOCC2)CCO1. The van der Waals surface area contributed by atoms with Crippen LogP contribution in [0.5, 0.6) is 0 Å². The minimum atomic E-state index is -0.0232. The average Bonchev–Trinajstić information content (AvgIpc) is 2.55. The number of urea groups is 1. The molecule has 0 spiro atoms. The minimum Gasteiger partial charge on any atom is -0.378 e. The quantitative estimate of drug-likeness (QED) is 0.792.